The van der Waals surface area contributed by atoms with Gasteiger partial charge in [0.2, 0.25) is 16.0 Å². The van der Waals surface area contributed by atoms with Gasteiger partial charge in [0.15, 0.2) is 0 Å². The van der Waals surface area contributed by atoms with Crippen LogP contribution in [0.15, 0.2) is 46.9 Å². The minimum absolute atomic E-state index is 0.0874. The Hall–Kier alpha value is -2.10. The van der Waals surface area contributed by atoms with Crippen LogP contribution in [0.2, 0.25) is 5.02 Å². The summed E-state index contributed by atoms with van der Waals surface area (Å²) in [6.07, 6.45) is 4.59. The fourth-order valence-corrected chi connectivity index (χ4v) is 5.47. The third-order valence-electron chi connectivity index (χ3n) is 5.61. The predicted molar refractivity (Wildman–Crippen MR) is 129 cm³/mol. The zero-order chi connectivity index (χ0) is 22.7. The second kappa shape index (κ2) is 9.80. The monoisotopic (exact) mass is 538 g/mol. The highest BCUT2D eigenvalue weighted by Crippen LogP contribution is 2.38. The van der Waals surface area contributed by atoms with Crippen molar-refractivity contribution in [1.82, 2.24) is 14.8 Å². The molecule has 170 valence electrons. The largest absolute Gasteiger partial charge is 0.495 e. The van der Waals surface area contributed by atoms with Crippen molar-refractivity contribution in [3.8, 4) is 11.4 Å². The van der Waals surface area contributed by atoms with E-state index in [4.69, 9.17) is 16.3 Å². The molecule has 1 heterocycles. The van der Waals surface area contributed by atoms with Crippen LogP contribution in [0.3, 0.4) is 0 Å². The number of nitrogens with one attached hydrogen (secondary N) is 1. The van der Waals surface area contributed by atoms with Gasteiger partial charge in [-0.3, -0.25) is 9.29 Å². The van der Waals surface area contributed by atoms with Gasteiger partial charge in [0.25, 0.3) is 0 Å². The molecule has 0 radical (unpaired) electrons. The van der Waals surface area contributed by atoms with Crippen LogP contribution in [0.1, 0.15) is 43.0 Å². The maximum atomic E-state index is 12.9. The van der Waals surface area contributed by atoms with E-state index >= 15 is 0 Å². The molecule has 0 atom stereocenters. The number of anilines is 1. The average Bonchev–Trinajstić information content (AvgIpc) is 3.43. The van der Waals surface area contributed by atoms with Crippen LogP contribution >= 0.6 is 27.5 Å². The first-order valence-corrected chi connectivity index (χ1v) is 13.2. The summed E-state index contributed by atoms with van der Waals surface area (Å²) in [5.74, 6) is 1.65. The summed E-state index contributed by atoms with van der Waals surface area (Å²) >= 11 is 9.42. The highest BCUT2D eigenvalue weighted by molar-refractivity contribution is 9.10. The molecule has 3 aromatic rings. The molecule has 1 fully saturated rings. The molecule has 4 rings (SSSR count). The van der Waals surface area contributed by atoms with E-state index < -0.39 is 10.0 Å². The van der Waals surface area contributed by atoms with Crippen LogP contribution in [0, 0.1) is 0 Å². The van der Waals surface area contributed by atoms with Gasteiger partial charge in [-0.1, -0.05) is 52.5 Å². The Morgan fingerprint density at radius 2 is 1.88 bits per heavy atom. The van der Waals surface area contributed by atoms with E-state index in [0.29, 0.717) is 22.9 Å². The smallest absolute Gasteiger partial charge is 0.243 e. The van der Waals surface area contributed by atoms with Gasteiger partial charge in [-0.2, -0.15) is 0 Å². The van der Waals surface area contributed by atoms with E-state index in [1.165, 1.54) is 0 Å². The Labute approximate surface area is 201 Å². The summed E-state index contributed by atoms with van der Waals surface area (Å²) in [6, 6.07) is 12.7. The van der Waals surface area contributed by atoms with E-state index in [2.05, 4.69) is 30.8 Å². The number of aryl methyl sites for hydroxylation is 1. The van der Waals surface area contributed by atoms with Gasteiger partial charge in [0.1, 0.15) is 11.6 Å². The maximum Gasteiger partial charge on any atom is 0.243 e. The second-order valence-electron chi connectivity index (χ2n) is 7.81. The normalized spacial score (nSPS) is 14.6. The molecule has 0 bridgehead atoms. The first-order chi connectivity index (χ1) is 15.4. The van der Waals surface area contributed by atoms with Crippen molar-refractivity contribution >= 4 is 43.5 Å². The third-order valence-corrected chi connectivity index (χ3v) is 7.59. The molecule has 1 aliphatic carbocycles. The van der Waals surface area contributed by atoms with Gasteiger partial charge in [-0.25, -0.2) is 8.42 Å². The minimum atomic E-state index is -3.67. The fraction of sp³-hybridized carbons (Fsp3) is 0.364. The van der Waals surface area contributed by atoms with Crippen LogP contribution < -0.4 is 9.46 Å². The van der Waals surface area contributed by atoms with Crippen molar-refractivity contribution in [1.29, 1.82) is 0 Å². The molecule has 0 amide bonds. The fourth-order valence-electron chi connectivity index (χ4n) is 3.98. The van der Waals surface area contributed by atoms with Gasteiger partial charge in [0.05, 0.1) is 18.6 Å². The van der Waals surface area contributed by atoms with Crippen LogP contribution in [-0.2, 0) is 16.4 Å². The summed E-state index contributed by atoms with van der Waals surface area (Å²) in [7, 11) is -2.09. The zero-order valence-electron chi connectivity index (χ0n) is 17.6. The van der Waals surface area contributed by atoms with Gasteiger partial charge in [-0.05, 0) is 55.2 Å². The van der Waals surface area contributed by atoms with Crippen LogP contribution in [-0.4, -0.2) is 36.0 Å². The van der Waals surface area contributed by atoms with E-state index in [0.717, 1.165) is 41.5 Å². The van der Waals surface area contributed by atoms with Crippen LogP contribution in [0.5, 0.6) is 5.75 Å². The topological polar surface area (TPSA) is 86.1 Å². The minimum Gasteiger partial charge on any atom is -0.495 e. The van der Waals surface area contributed by atoms with Gasteiger partial charge < -0.3 is 4.74 Å². The van der Waals surface area contributed by atoms with Gasteiger partial charge in [0, 0.05) is 15.4 Å². The highest BCUT2D eigenvalue weighted by atomic mass is 79.9. The Balaban J connectivity index is 1.66. The first-order valence-electron chi connectivity index (χ1n) is 10.4. The second-order valence-corrected chi connectivity index (χ2v) is 11.0. The molecule has 0 unspecified atom stereocenters. The molecule has 0 spiro atoms. The third kappa shape index (κ3) is 5.27. The highest BCUT2D eigenvalue weighted by Gasteiger charge is 2.28. The molecule has 2 aromatic carbocycles. The molecule has 1 aromatic heterocycles. The lowest BCUT2D eigenvalue weighted by Gasteiger charge is -2.17. The number of aromatic nitrogens is 3. The van der Waals surface area contributed by atoms with E-state index in [9.17, 15) is 8.42 Å². The summed E-state index contributed by atoms with van der Waals surface area (Å²) in [6.45, 7) is 0. The predicted octanol–water partition coefficient (Wildman–Crippen LogP) is 5.33. The SMILES string of the molecule is COc1ccc(Br)cc1-n1c(NS(=O)(=O)CCc2ccc(Cl)cc2)nnc1C1CCCC1. The quantitative estimate of drug-likeness (QED) is 0.418. The molecule has 10 heteroatoms. The molecule has 1 saturated carbocycles. The Morgan fingerprint density at radius 3 is 2.56 bits per heavy atom. The van der Waals surface area contributed by atoms with Crippen molar-refractivity contribution in [2.45, 2.75) is 38.0 Å². The molecule has 32 heavy (non-hydrogen) atoms. The molecule has 1 aliphatic rings. The number of nitrogens with zero attached hydrogens (tertiary/aromatic N) is 3. The summed E-state index contributed by atoms with van der Waals surface area (Å²) in [5, 5.41) is 9.24. The van der Waals surface area contributed by atoms with Crippen molar-refractivity contribution in [2.75, 3.05) is 17.6 Å². The lowest BCUT2D eigenvalue weighted by molar-refractivity contribution is 0.412. The number of rotatable bonds is 8. The van der Waals surface area contributed by atoms with Crippen LogP contribution in [0.4, 0.5) is 5.95 Å². The van der Waals surface area contributed by atoms with Crippen LogP contribution in [0.25, 0.3) is 5.69 Å². The lowest BCUT2D eigenvalue weighted by Crippen LogP contribution is -2.21. The molecule has 0 aliphatic heterocycles. The molecule has 1 N–H and O–H groups in total. The van der Waals surface area contributed by atoms with Gasteiger partial charge in [-0.15, -0.1) is 10.2 Å². The lowest BCUT2D eigenvalue weighted by atomic mass is 10.1. The Kier molecular flexibility index (Phi) is 7.07. The number of halogens is 2. The molecular weight excluding hydrogens is 516 g/mol. The Bertz CT molecular complexity index is 1190. The molecule has 7 nitrogen and oxygen atoms in total. The van der Waals surface area contributed by atoms with Gasteiger partial charge >= 0.3 is 0 Å². The summed E-state index contributed by atoms with van der Waals surface area (Å²) in [5.41, 5.74) is 1.57. The van der Waals surface area contributed by atoms with Crippen molar-refractivity contribution in [3.63, 3.8) is 0 Å². The average molecular weight is 540 g/mol. The Morgan fingerprint density at radius 1 is 1.16 bits per heavy atom. The number of ether oxygens (including phenoxy) is 1. The van der Waals surface area contributed by atoms with E-state index in [1.807, 2.05) is 30.3 Å². The van der Waals surface area contributed by atoms with Crippen molar-refractivity contribution < 1.29 is 13.2 Å². The molecule has 0 saturated heterocycles. The van der Waals surface area contributed by atoms with E-state index in [-0.39, 0.29) is 17.6 Å². The number of hydrogen-bond donors (Lipinski definition) is 1. The number of sulfonamides is 1. The maximum absolute atomic E-state index is 12.9. The summed E-state index contributed by atoms with van der Waals surface area (Å²) < 4.78 is 36.7. The number of hydrogen-bond acceptors (Lipinski definition) is 5. The number of methoxy groups -OCH3 is 1. The summed E-state index contributed by atoms with van der Waals surface area (Å²) in [4.78, 5) is 0. The first kappa shape index (κ1) is 23.1. The molecular formula is C22H24BrClN4O3S. The number of benzene rings is 2. The van der Waals surface area contributed by atoms with Crippen molar-refractivity contribution in [3.05, 3.63) is 63.3 Å². The van der Waals surface area contributed by atoms with E-state index in [1.54, 1.807) is 23.8 Å². The van der Waals surface area contributed by atoms with Crippen molar-refractivity contribution in [2.24, 2.45) is 0 Å². The zero-order valence-corrected chi connectivity index (χ0v) is 20.8. The standard InChI is InChI=1S/C22H24BrClN4O3S/c1-31-20-11-8-17(23)14-19(20)28-21(16-4-2-3-5-16)25-26-22(28)27-32(29,30)13-12-15-6-9-18(24)10-7-15/h6-11,14,16H,2-5,12-13H2,1H3,(H,26,27).